The van der Waals surface area contributed by atoms with E-state index in [2.05, 4.69) is 16.9 Å². The fraction of sp³-hybridized carbons (Fsp3) is 0.227. The van der Waals surface area contributed by atoms with Crippen molar-refractivity contribution in [2.45, 2.75) is 12.5 Å². The SMILES string of the molecule is CC1CN(C)C(=O)C1(O)C#Cc1cccc(-n2nc(C(N)=O)c3ccccc32)c1. The van der Waals surface area contributed by atoms with E-state index in [4.69, 9.17) is 5.73 Å². The lowest BCUT2D eigenvalue weighted by atomic mass is 9.92. The Morgan fingerprint density at radius 1 is 1.28 bits per heavy atom. The van der Waals surface area contributed by atoms with Gasteiger partial charge in [0.1, 0.15) is 0 Å². The molecule has 1 saturated heterocycles. The Balaban J connectivity index is 1.76. The van der Waals surface area contributed by atoms with Gasteiger partial charge in [0, 0.05) is 30.5 Å². The predicted molar refractivity (Wildman–Crippen MR) is 108 cm³/mol. The zero-order valence-corrected chi connectivity index (χ0v) is 16.1. The van der Waals surface area contributed by atoms with Gasteiger partial charge in [-0.25, -0.2) is 4.68 Å². The number of likely N-dealkylation sites (tertiary alicyclic amines) is 1. The first-order chi connectivity index (χ1) is 13.8. The molecule has 3 N–H and O–H groups in total. The number of hydrogen-bond donors (Lipinski definition) is 2. The van der Waals surface area contributed by atoms with Gasteiger partial charge in [-0.05, 0) is 24.3 Å². The van der Waals surface area contributed by atoms with Crippen LogP contribution in [0.2, 0.25) is 0 Å². The van der Waals surface area contributed by atoms with Crippen molar-refractivity contribution in [2.24, 2.45) is 11.7 Å². The summed E-state index contributed by atoms with van der Waals surface area (Å²) in [6.45, 7) is 2.26. The van der Waals surface area contributed by atoms with Crippen molar-refractivity contribution in [2.75, 3.05) is 13.6 Å². The molecular formula is C22H20N4O3. The lowest BCUT2D eigenvalue weighted by Gasteiger charge is -2.17. The highest BCUT2D eigenvalue weighted by Gasteiger charge is 2.48. The van der Waals surface area contributed by atoms with Crippen LogP contribution in [0.5, 0.6) is 0 Å². The van der Waals surface area contributed by atoms with E-state index in [0.29, 0.717) is 23.2 Å². The summed E-state index contributed by atoms with van der Waals surface area (Å²) in [5.41, 5.74) is 6.02. The summed E-state index contributed by atoms with van der Waals surface area (Å²) in [7, 11) is 1.65. The average Bonchev–Trinajstić information content (AvgIpc) is 3.19. The topological polar surface area (TPSA) is 101 Å². The van der Waals surface area contributed by atoms with Gasteiger partial charge < -0.3 is 15.7 Å². The van der Waals surface area contributed by atoms with E-state index in [1.165, 1.54) is 4.90 Å². The number of amides is 2. The molecule has 0 radical (unpaired) electrons. The van der Waals surface area contributed by atoms with Gasteiger partial charge >= 0.3 is 0 Å². The molecule has 1 aromatic heterocycles. The molecule has 29 heavy (non-hydrogen) atoms. The van der Waals surface area contributed by atoms with Crippen LogP contribution in [-0.4, -0.2) is 50.8 Å². The van der Waals surface area contributed by atoms with Crippen molar-refractivity contribution < 1.29 is 14.7 Å². The Hall–Kier alpha value is -3.63. The van der Waals surface area contributed by atoms with Crippen molar-refractivity contribution in [1.82, 2.24) is 14.7 Å². The van der Waals surface area contributed by atoms with Crippen LogP contribution >= 0.6 is 0 Å². The summed E-state index contributed by atoms with van der Waals surface area (Å²) in [6, 6.07) is 14.5. The van der Waals surface area contributed by atoms with Crippen LogP contribution in [0.25, 0.3) is 16.6 Å². The van der Waals surface area contributed by atoms with Crippen LogP contribution in [0.1, 0.15) is 23.0 Å². The largest absolute Gasteiger partial charge is 0.369 e. The standard InChI is InChI=1S/C22H20N4O3/c1-14-13-25(2)21(28)22(14,29)11-10-15-6-5-7-16(12-15)26-18-9-4-3-8-17(18)19(24-26)20(23)27/h3-9,12,14,29H,13H2,1-2H3,(H2,23,27). The van der Waals surface area contributed by atoms with Gasteiger partial charge in [-0.1, -0.05) is 43.0 Å². The molecule has 4 rings (SSSR count). The molecule has 3 aromatic rings. The van der Waals surface area contributed by atoms with Crippen molar-refractivity contribution in [3.63, 3.8) is 0 Å². The number of aliphatic hydroxyl groups is 1. The number of nitrogens with zero attached hydrogens (tertiary/aromatic N) is 3. The molecule has 0 aliphatic carbocycles. The molecule has 0 saturated carbocycles. The maximum absolute atomic E-state index is 12.3. The molecule has 2 heterocycles. The van der Waals surface area contributed by atoms with Gasteiger partial charge in [-0.2, -0.15) is 5.10 Å². The summed E-state index contributed by atoms with van der Waals surface area (Å²) in [6.07, 6.45) is 0. The third kappa shape index (κ3) is 3.04. The molecule has 2 aromatic carbocycles. The highest BCUT2D eigenvalue weighted by Crippen LogP contribution is 2.27. The smallest absolute Gasteiger partial charge is 0.269 e. The molecule has 7 nitrogen and oxygen atoms in total. The van der Waals surface area contributed by atoms with E-state index in [0.717, 1.165) is 5.52 Å². The molecule has 1 aliphatic heterocycles. The summed E-state index contributed by atoms with van der Waals surface area (Å²) in [5.74, 6) is 4.39. The fourth-order valence-corrected chi connectivity index (χ4v) is 3.63. The molecule has 2 unspecified atom stereocenters. The van der Waals surface area contributed by atoms with Crippen LogP contribution in [0, 0.1) is 17.8 Å². The first kappa shape index (κ1) is 18.7. The minimum atomic E-state index is -1.69. The van der Waals surface area contributed by atoms with E-state index >= 15 is 0 Å². The average molecular weight is 388 g/mol. The number of carbonyl (C=O) groups excluding carboxylic acids is 2. The Labute approximate surface area is 167 Å². The molecule has 0 bridgehead atoms. The van der Waals surface area contributed by atoms with Crippen LogP contribution < -0.4 is 5.73 Å². The molecule has 2 amide bonds. The van der Waals surface area contributed by atoms with Crippen molar-refractivity contribution >= 4 is 22.7 Å². The number of nitrogens with two attached hydrogens (primary N) is 1. The van der Waals surface area contributed by atoms with Crippen molar-refractivity contribution in [3.8, 4) is 17.5 Å². The first-order valence-corrected chi connectivity index (χ1v) is 9.20. The van der Waals surface area contributed by atoms with Crippen LogP contribution in [0.15, 0.2) is 48.5 Å². The number of fused-ring (bicyclic) bond motifs is 1. The number of likely N-dealkylation sites (N-methyl/N-ethyl adjacent to an activating group) is 1. The zero-order valence-electron chi connectivity index (χ0n) is 16.1. The number of aromatic nitrogens is 2. The van der Waals surface area contributed by atoms with E-state index in [9.17, 15) is 14.7 Å². The Morgan fingerprint density at radius 3 is 2.72 bits per heavy atom. The van der Waals surface area contributed by atoms with Crippen molar-refractivity contribution in [3.05, 3.63) is 59.8 Å². The summed E-state index contributed by atoms with van der Waals surface area (Å²) < 4.78 is 1.63. The number of primary amides is 1. The molecule has 7 heteroatoms. The minimum absolute atomic E-state index is 0.194. The molecule has 1 fully saturated rings. The molecule has 1 aliphatic rings. The van der Waals surface area contributed by atoms with E-state index in [-0.39, 0.29) is 11.6 Å². The van der Waals surface area contributed by atoms with Gasteiger partial charge in [0.2, 0.25) is 5.60 Å². The molecule has 146 valence electrons. The van der Waals surface area contributed by atoms with Gasteiger partial charge in [0.25, 0.3) is 11.8 Å². The van der Waals surface area contributed by atoms with Crippen LogP contribution in [0.3, 0.4) is 0 Å². The quantitative estimate of drug-likeness (QED) is 0.647. The lowest BCUT2D eigenvalue weighted by Crippen LogP contribution is -2.40. The van der Waals surface area contributed by atoms with Crippen LogP contribution in [0.4, 0.5) is 0 Å². The normalized spacial score (nSPS) is 21.3. The highest BCUT2D eigenvalue weighted by atomic mass is 16.3. The number of benzene rings is 2. The molecule has 0 spiro atoms. The summed E-state index contributed by atoms with van der Waals surface area (Å²) in [5, 5.41) is 15.8. The third-order valence-electron chi connectivity index (χ3n) is 5.24. The fourth-order valence-electron chi connectivity index (χ4n) is 3.63. The zero-order chi connectivity index (χ0) is 20.8. The van der Waals surface area contributed by atoms with E-state index in [1.807, 2.05) is 24.3 Å². The third-order valence-corrected chi connectivity index (χ3v) is 5.24. The van der Waals surface area contributed by atoms with E-state index in [1.54, 1.807) is 42.9 Å². The summed E-state index contributed by atoms with van der Waals surface area (Å²) in [4.78, 5) is 25.5. The van der Waals surface area contributed by atoms with Crippen LogP contribution in [-0.2, 0) is 4.79 Å². The lowest BCUT2D eigenvalue weighted by molar-refractivity contribution is -0.138. The van der Waals surface area contributed by atoms with E-state index < -0.39 is 17.4 Å². The number of para-hydroxylation sites is 1. The number of hydrogen-bond acceptors (Lipinski definition) is 4. The Bertz CT molecular complexity index is 1200. The Morgan fingerprint density at radius 2 is 2.03 bits per heavy atom. The van der Waals surface area contributed by atoms with Gasteiger partial charge in [-0.3, -0.25) is 9.59 Å². The maximum atomic E-state index is 12.3. The highest BCUT2D eigenvalue weighted by molar-refractivity contribution is 6.04. The number of rotatable bonds is 2. The Kier molecular flexibility index (Phi) is 4.36. The van der Waals surface area contributed by atoms with Crippen molar-refractivity contribution in [1.29, 1.82) is 0 Å². The second-order valence-corrected chi connectivity index (χ2v) is 7.30. The summed E-state index contributed by atoms with van der Waals surface area (Å²) >= 11 is 0. The van der Waals surface area contributed by atoms with Gasteiger partial charge in [0.15, 0.2) is 5.69 Å². The minimum Gasteiger partial charge on any atom is -0.369 e. The first-order valence-electron chi connectivity index (χ1n) is 9.20. The monoisotopic (exact) mass is 388 g/mol. The maximum Gasteiger partial charge on any atom is 0.269 e. The second kappa shape index (κ2) is 6.76. The second-order valence-electron chi connectivity index (χ2n) is 7.30. The van der Waals surface area contributed by atoms with Gasteiger partial charge in [-0.15, -0.1) is 0 Å². The molecular weight excluding hydrogens is 368 g/mol. The molecule has 2 atom stereocenters. The number of carbonyl (C=O) groups is 2. The van der Waals surface area contributed by atoms with Gasteiger partial charge in [0.05, 0.1) is 11.2 Å². The predicted octanol–water partition coefficient (Wildman–Crippen LogP) is 1.32.